The van der Waals surface area contributed by atoms with Crippen LogP contribution in [-0.4, -0.2) is 29.0 Å². The summed E-state index contributed by atoms with van der Waals surface area (Å²) in [6, 6.07) is 5.56. The van der Waals surface area contributed by atoms with E-state index in [9.17, 15) is 0 Å². The number of nitrogens with one attached hydrogen (secondary N) is 1. The van der Waals surface area contributed by atoms with E-state index in [2.05, 4.69) is 54.3 Å². The Kier molecular flexibility index (Phi) is 5.84. The molecule has 3 nitrogen and oxygen atoms in total. The lowest BCUT2D eigenvalue weighted by Crippen LogP contribution is -2.38. The molecule has 1 saturated heterocycles. The number of pyridine rings is 1. The Morgan fingerprint density at radius 3 is 2.85 bits per heavy atom. The average Bonchev–Trinajstić information content (AvgIpc) is 2.48. The van der Waals surface area contributed by atoms with Gasteiger partial charge in [-0.05, 0) is 51.3 Å². The average molecular weight is 275 g/mol. The van der Waals surface area contributed by atoms with Gasteiger partial charge in [-0.1, -0.05) is 25.8 Å². The maximum atomic E-state index is 4.58. The maximum absolute atomic E-state index is 4.58. The molecule has 0 aliphatic carbocycles. The van der Waals surface area contributed by atoms with Crippen molar-refractivity contribution in [3.05, 3.63) is 23.9 Å². The summed E-state index contributed by atoms with van der Waals surface area (Å²) in [5.74, 6) is 1.01. The van der Waals surface area contributed by atoms with Gasteiger partial charge in [0.15, 0.2) is 0 Å². The van der Waals surface area contributed by atoms with E-state index in [0.717, 1.165) is 12.4 Å². The fraction of sp³-hybridized carbons (Fsp3) is 0.706. The second-order valence-corrected chi connectivity index (χ2v) is 6.10. The quantitative estimate of drug-likeness (QED) is 0.788. The van der Waals surface area contributed by atoms with Crippen molar-refractivity contribution in [2.45, 2.75) is 65.0 Å². The summed E-state index contributed by atoms with van der Waals surface area (Å²) in [6.45, 7) is 9.05. The monoisotopic (exact) mass is 275 g/mol. The number of likely N-dealkylation sites (tertiary alicyclic amines) is 1. The third-order valence-corrected chi connectivity index (χ3v) is 4.22. The highest BCUT2D eigenvalue weighted by Crippen LogP contribution is 2.32. The molecule has 1 aliphatic rings. The van der Waals surface area contributed by atoms with Crippen LogP contribution in [0, 0.1) is 0 Å². The molecule has 0 unspecified atom stereocenters. The molecular formula is C17H29N3. The molecule has 0 bridgehead atoms. The van der Waals surface area contributed by atoms with Crippen LogP contribution in [0.4, 0.5) is 5.82 Å². The van der Waals surface area contributed by atoms with Gasteiger partial charge >= 0.3 is 0 Å². The Bertz CT molecular complexity index is 386. The van der Waals surface area contributed by atoms with Crippen LogP contribution in [0.2, 0.25) is 0 Å². The normalized spacial score (nSPS) is 20.3. The van der Waals surface area contributed by atoms with Crippen molar-refractivity contribution in [1.82, 2.24) is 9.88 Å². The van der Waals surface area contributed by atoms with Crippen molar-refractivity contribution in [2.75, 3.05) is 18.4 Å². The third-order valence-electron chi connectivity index (χ3n) is 4.22. The van der Waals surface area contributed by atoms with Gasteiger partial charge in [0.05, 0.1) is 0 Å². The largest absolute Gasteiger partial charge is 0.370 e. The molecule has 1 atom stereocenters. The van der Waals surface area contributed by atoms with Crippen LogP contribution in [-0.2, 0) is 0 Å². The molecule has 0 aromatic carbocycles. The topological polar surface area (TPSA) is 28.2 Å². The summed E-state index contributed by atoms with van der Waals surface area (Å²) in [4.78, 5) is 7.20. The zero-order valence-corrected chi connectivity index (χ0v) is 13.2. The van der Waals surface area contributed by atoms with Crippen LogP contribution < -0.4 is 5.32 Å². The maximum Gasteiger partial charge on any atom is 0.125 e. The molecule has 0 amide bonds. The number of anilines is 1. The number of nitrogens with zero attached hydrogens (tertiary/aromatic N) is 2. The summed E-state index contributed by atoms with van der Waals surface area (Å²) in [6.07, 6.45) is 8.43. The van der Waals surface area contributed by atoms with E-state index in [0.29, 0.717) is 12.1 Å². The van der Waals surface area contributed by atoms with Crippen molar-refractivity contribution in [1.29, 1.82) is 0 Å². The highest BCUT2D eigenvalue weighted by molar-refractivity contribution is 5.36. The summed E-state index contributed by atoms with van der Waals surface area (Å²) in [7, 11) is 0. The van der Waals surface area contributed by atoms with E-state index >= 15 is 0 Å². The molecule has 1 aliphatic heterocycles. The van der Waals surface area contributed by atoms with E-state index in [1.165, 1.54) is 44.2 Å². The Labute approximate surface area is 123 Å². The summed E-state index contributed by atoms with van der Waals surface area (Å²) >= 11 is 0. The first-order valence-electron chi connectivity index (χ1n) is 8.18. The molecule has 1 N–H and O–H groups in total. The highest BCUT2D eigenvalue weighted by Gasteiger charge is 2.25. The highest BCUT2D eigenvalue weighted by atomic mass is 15.2. The number of aromatic nitrogens is 1. The van der Waals surface area contributed by atoms with Gasteiger partial charge in [-0.2, -0.15) is 0 Å². The van der Waals surface area contributed by atoms with E-state index < -0.39 is 0 Å². The van der Waals surface area contributed by atoms with Gasteiger partial charge in [0.25, 0.3) is 0 Å². The Hall–Kier alpha value is -1.09. The summed E-state index contributed by atoms with van der Waals surface area (Å²) in [5, 5.41) is 3.38. The Morgan fingerprint density at radius 2 is 2.20 bits per heavy atom. The van der Waals surface area contributed by atoms with Gasteiger partial charge in [-0.15, -0.1) is 0 Å². The summed E-state index contributed by atoms with van der Waals surface area (Å²) in [5.41, 5.74) is 1.37. The molecule has 1 aromatic rings. The standard InChI is InChI=1S/C17H29N3/c1-4-5-11-18-17-10-9-15(13-19-17)16-8-6-7-12-20(16)14(2)3/h9-10,13-14,16H,4-8,11-12H2,1-3H3,(H,18,19)/t16-/m0/s1. The predicted octanol–water partition coefficient (Wildman–Crippen LogP) is 4.23. The molecule has 20 heavy (non-hydrogen) atoms. The third kappa shape index (κ3) is 3.95. The zero-order chi connectivity index (χ0) is 14.4. The van der Waals surface area contributed by atoms with E-state index in [4.69, 9.17) is 0 Å². The molecule has 3 heteroatoms. The van der Waals surface area contributed by atoms with Gasteiger partial charge in [-0.25, -0.2) is 4.98 Å². The van der Waals surface area contributed by atoms with Gasteiger partial charge < -0.3 is 5.32 Å². The lowest BCUT2D eigenvalue weighted by Gasteiger charge is -2.38. The minimum absolute atomic E-state index is 0.556. The lowest BCUT2D eigenvalue weighted by molar-refractivity contribution is 0.112. The van der Waals surface area contributed by atoms with Crippen molar-refractivity contribution >= 4 is 5.82 Å². The van der Waals surface area contributed by atoms with Crippen LogP contribution in [0.1, 0.15) is 64.5 Å². The fourth-order valence-electron chi connectivity index (χ4n) is 3.03. The van der Waals surface area contributed by atoms with Gasteiger partial charge in [0.2, 0.25) is 0 Å². The number of piperidine rings is 1. The molecule has 0 spiro atoms. The number of hydrogen-bond donors (Lipinski definition) is 1. The second-order valence-electron chi connectivity index (χ2n) is 6.10. The van der Waals surface area contributed by atoms with Gasteiger partial charge in [-0.3, -0.25) is 4.90 Å². The SMILES string of the molecule is CCCCNc1ccc([C@@H]2CCCCN2C(C)C)cn1. The second kappa shape index (κ2) is 7.63. The van der Waals surface area contributed by atoms with Crippen LogP contribution in [0.3, 0.4) is 0 Å². The van der Waals surface area contributed by atoms with Crippen molar-refractivity contribution in [2.24, 2.45) is 0 Å². The molecule has 2 heterocycles. The fourth-order valence-corrected chi connectivity index (χ4v) is 3.03. The van der Waals surface area contributed by atoms with E-state index in [1.54, 1.807) is 0 Å². The first kappa shape index (κ1) is 15.3. The van der Waals surface area contributed by atoms with E-state index in [-0.39, 0.29) is 0 Å². The van der Waals surface area contributed by atoms with Crippen molar-refractivity contribution in [3.63, 3.8) is 0 Å². The number of unbranched alkanes of at least 4 members (excludes halogenated alkanes) is 1. The minimum atomic E-state index is 0.556. The molecule has 0 radical (unpaired) electrons. The Balaban J connectivity index is 2.00. The number of rotatable bonds is 6. The Morgan fingerprint density at radius 1 is 1.35 bits per heavy atom. The van der Waals surface area contributed by atoms with Crippen LogP contribution in [0.5, 0.6) is 0 Å². The zero-order valence-electron chi connectivity index (χ0n) is 13.2. The summed E-state index contributed by atoms with van der Waals surface area (Å²) < 4.78 is 0. The smallest absolute Gasteiger partial charge is 0.125 e. The minimum Gasteiger partial charge on any atom is -0.370 e. The van der Waals surface area contributed by atoms with Crippen LogP contribution >= 0.6 is 0 Å². The predicted molar refractivity (Wildman–Crippen MR) is 86.1 cm³/mol. The van der Waals surface area contributed by atoms with Crippen molar-refractivity contribution in [3.8, 4) is 0 Å². The first-order chi connectivity index (χ1) is 9.72. The number of hydrogen-bond acceptors (Lipinski definition) is 3. The first-order valence-corrected chi connectivity index (χ1v) is 8.18. The van der Waals surface area contributed by atoms with Crippen molar-refractivity contribution < 1.29 is 0 Å². The molecule has 112 valence electrons. The molecule has 0 saturated carbocycles. The molecule has 2 rings (SSSR count). The molecule has 1 aromatic heterocycles. The molecule has 1 fully saturated rings. The van der Waals surface area contributed by atoms with Crippen LogP contribution in [0.25, 0.3) is 0 Å². The molecular weight excluding hydrogens is 246 g/mol. The van der Waals surface area contributed by atoms with Gasteiger partial charge in [0, 0.05) is 24.8 Å². The van der Waals surface area contributed by atoms with Gasteiger partial charge in [0.1, 0.15) is 5.82 Å². The van der Waals surface area contributed by atoms with Crippen LogP contribution in [0.15, 0.2) is 18.3 Å². The van der Waals surface area contributed by atoms with E-state index in [1.807, 2.05) is 0 Å². The lowest BCUT2D eigenvalue weighted by atomic mass is 9.95.